The molecule has 0 radical (unpaired) electrons. The number of fused-ring (bicyclic) bond motifs is 3. The van der Waals surface area contributed by atoms with E-state index in [1.165, 1.54) is 0 Å². The van der Waals surface area contributed by atoms with E-state index in [0.29, 0.717) is 11.1 Å². The van der Waals surface area contributed by atoms with Gasteiger partial charge in [0.25, 0.3) is 0 Å². The molecule has 3 aliphatic carbocycles. The van der Waals surface area contributed by atoms with Gasteiger partial charge >= 0.3 is 0 Å². The zero-order chi connectivity index (χ0) is 20.6. The van der Waals surface area contributed by atoms with Gasteiger partial charge in [-0.15, -0.1) is 0 Å². The van der Waals surface area contributed by atoms with Crippen molar-refractivity contribution >= 4 is 17.3 Å². The molecular formula is C21H23NO6. The lowest BCUT2D eigenvalue weighted by molar-refractivity contribution is -0.157. The van der Waals surface area contributed by atoms with E-state index in [1.807, 2.05) is 0 Å². The number of Topliss-reactive ketones (excluding diaryl/α,β-unsaturated/α-hetero) is 1. The lowest BCUT2D eigenvalue weighted by Crippen LogP contribution is -2.65. The zero-order valence-corrected chi connectivity index (χ0v) is 15.9. The van der Waals surface area contributed by atoms with Gasteiger partial charge in [0.05, 0.1) is 11.6 Å². The second-order valence-electron chi connectivity index (χ2n) is 8.29. The summed E-state index contributed by atoms with van der Waals surface area (Å²) in [6.07, 6.45) is 0.918. The van der Waals surface area contributed by atoms with Crippen LogP contribution < -0.4 is 0 Å². The third kappa shape index (κ3) is 2.15. The van der Waals surface area contributed by atoms with Crippen molar-refractivity contribution in [1.82, 2.24) is 4.90 Å². The fourth-order valence-electron chi connectivity index (χ4n) is 5.13. The largest absolute Gasteiger partial charge is 0.509 e. The summed E-state index contributed by atoms with van der Waals surface area (Å²) in [4.78, 5) is 27.5. The van der Waals surface area contributed by atoms with E-state index in [2.05, 4.69) is 0 Å². The van der Waals surface area contributed by atoms with Crippen molar-refractivity contribution in [1.29, 1.82) is 0 Å². The number of hydrogen-bond donors (Lipinski definition) is 4. The number of aliphatic hydroxyl groups excluding tert-OH is 2. The van der Waals surface area contributed by atoms with Crippen LogP contribution in [0.25, 0.3) is 5.76 Å². The fraction of sp³-hybridized carbons (Fsp3) is 0.429. The van der Waals surface area contributed by atoms with Crippen LogP contribution in [0, 0.1) is 11.8 Å². The Balaban J connectivity index is 1.98. The lowest BCUT2D eigenvalue weighted by atomic mass is 9.55. The molecule has 1 saturated carbocycles. The number of carbonyl (C=O) groups is 2. The van der Waals surface area contributed by atoms with Crippen LogP contribution >= 0.6 is 0 Å². The first-order chi connectivity index (χ1) is 13.0. The second-order valence-corrected chi connectivity index (χ2v) is 8.29. The Morgan fingerprint density at radius 2 is 1.75 bits per heavy atom. The molecule has 1 aromatic rings. The molecule has 4 rings (SSSR count). The highest BCUT2D eigenvalue weighted by Crippen LogP contribution is 2.55. The maximum atomic E-state index is 13.4. The average molecular weight is 385 g/mol. The van der Waals surface area contributed by atoms with Crippen LogP contribution in [0.1, 0.15) is 24.5 Å². The van der Waals surface area contributed by atoms with Crippen molar-refractivity contribution in [3.63, 3.8) is 0 Å². The van der Waals surface area contributed by atoms with E-state index >= 15 is 0 Å². The van der Waals surface area contributed by atoms with Gasteiger partial charge in [-0.25, -0.2) is 0 Å². The SMILES string of the molecule is CN(C)C1C(=O)C=C(O)C2(O)C(=O)C3=C(O)c4ccccc4C(C)(O)C3CC12. The Kier molecular flexibility index (Phi) is 3.88. The molecule has 0 spiro atoms. The molecule has 0 heterocycles. The number of ketones is 2. The molecule has 4 N–H and O–H groups in total. The second kappa shape index (κ2) is 5.76. The highest BCUT2D eigenvalue weighted by Gasteiger charge is 2.64. The molecule has 1 aromatic carbocycles. The zero-order valence-electron chi connectivity index (χ0n) is 15.9. The maximum absolute atomic E-state index is 13.4. The van der Waals surface area contributed by atoms with Gasteiger partial charge in [0.15, 0.2) is 11.4 Å². The van der Waals surface area contributed by atoms with Crippen molar-refractivity contribution in [2.24, 2.45) is 11.8 Å². The van der Waals surface area contributed by atoms with Gasteiger partial charge in [0.1, 0.15) is 11.5 Å². The maximum Gasteiger partial charge on any atom is 0.202 e. The summed E-state index contributed by atoms with van der Waals surface area (Å²) in [5.74, 6) is -4.13. The Morgan fingerprint density at radius 1 is 1.11 bits per heavy atom. The number of aliphatic hydroxyl groups is 4. The van der Waals surface area contributed by atoms with E-state index in [4.69, 9.17) is 0 Å². The number of nitrogens with zero attached hydrogens (tertiary/aromatic N) is 1. The van der Waals surface area contributed by atoms with Gasteiger partial charge in [-0.05, 0) is 33.0 Å². The molecule has 0 saturated heterocycles. The van der Waals surface area contributed by atoms with Crippen LogP contribution in [0.4, 0.5) is 0 Å². The number of benzene rings is 1. The molecule has 5 unspecified atom stereocenters. The van der Waals surface area contributed by atoms with Gasteiger partial charge in [0.2, 0.25) is 5.78 Å². The standard InChI is InChI=1S/C21H23NO6/c1-20(27)11-7-5-4-6-10(11)18(25)16-12(20)8-13-17(22(2)3)14(23)9-15(24)21(13,28)19(16)26/h4-7,9,12-13,17,24-25,27-28H,8H2,1-3H3. The molecule has 148 valence electrons. The number of likely N-dealkylation sites (N-methyl/N-ethyl adjacent to an activating group) is 1. The highest BCUT2D eigenvalue weighted by atomic mass is 16.3. The molecule has 5 atom stereocenters. The van der Waals surface area contributed by atoms with Crippen LogP contribution in [-0.2, 0) is 15.2 Å². The molecule has 0 bridgehead atoms. The van der Waals surface area contributed by atoms with Gasteiger partial charge in [-0.3, -0.25) is 14.5 Å². The Hall–Kier alpha value is -2.48. The van der Waals surface area contributed by atoms with E-state index in [9.17, 15) is 30.0 Å². The van der Waals surface area contributed by atoms with Crippen molar-refractivity contribution in [2.45, 2.75) is 30.6 Å². The number of carbonyl (C=O) groups excluding carboxylic acids is 2. The average Bonchev–Trinajstić information content (AvgIpc) is 2.62. The smallest absolute Gasteiger partial charge is 0.202 e. The minimum Gasteiger partial charge on any atom is -0.509 e. The molecule has 1 fully saturated rings. The minimum absolute atomic E-state index is 0.0372. The number of hydrogen-bond acceptors (Lipinski definition) is 7. The number of rotatable bonds is 1. The van der Waals surface area contributed by atoms with Crippen molar-refractivity contribution in [3.05, 3.63) is 52.8 Å². The van der Waals surface area contributed by atoms with E-state index in [1.54, 1.807) is 50.2 Å². The first-order valence-electron chi connectivity index (χ1n) is 9.16. The summed E-state index contributed by atoms with van der Waals surface area (Å²) < 4.78 is 0. The van der Waals surface area contributed by atoms with E-state index in [-0.39, 0.29) is 17.8 Å². The van der Waals surface area contributed by atoms with Crippen LogP contribution in [0.5, 0.6) is 0 Å². The molecule has 3 aliphatic rings. The predicted molar refractivity (Wildman–Crippen MR) is 100 cm³/mol. The third-order valence-electron chi connectivity index (χ3n) is 6.53. The van der Waals surface area contributed by atoms with Crippen LogP contribution in [0.3, 0.4) is 0 Å². The first-order valence-corrected chi connectivity index (χ1v) is 9.16. The molecule has 7 heteroatoms. The quantitative estimate of drug-likeness (QED) is 0.571. The molecule has 28 heavy (non-hydrogen) atoms. The molecule has 0 aromatic heterocycles. The Bertz CT molecular complexity index is 959. The van der Waals surface area contributed by atoms with Gasteiger partial charge < -0.3 is 20.4 Å². The predicted octanol–water partition coefficient (Wildman–Crippen LogP) is 1.07. The summed E-state index contributed by atoms with van der Waals surface area (Å²) in [5.41, 5.74) is -3.15. The summed E-state index contributed by atoms with van der Waals surface area (Å²) in [5, 5.41) is 43.8. The Morgan fingerprint density at radius 3 is 2.39 bits per heavy atom. The van der Waals surface area contributed by atoms with Crippen LogP contribution in [-0.4, -0.2) is 62.6 Å². The lowest BCUT2D eigenvalue weighted by Gasteiger charge is -2.52. The van der Waals surface area contributed by atoms with Gasteiger partial charge in [-0.2, -0.15) is 0 Å². The Labute approximate surface area is 162 Å². The van der Waals surface area contributed by atoms with Gasteiger partial charge in [-0.1, -0.05) is 24.3 Å². The summed E-state index contributed by atoms with van der Waals surface area (Å²) in [6.45, 7) is 1.56. The molecule has 0 amide bonds. The third-order valence-corrected chi connectivity index (χ3v) is 6.53. The topological polar surface area (TPSA) is 118 Å². The highest BCUT2D eigenvalue weighted by molar-refractivity contribution is 6.13. The van der Waals surface area contributed by atoms with Gasteiger partial charge in [0, 0.05) is 29.0 Å². The molecule has 7 nitrogen and oxygen atoms in total. The van der Waals surface area contributed by atoms with E-state index < -0.39 is 46.4 Å². The first kappa shape index (κ1) is 18.9. The summed E-state index contributed by atoms with van der Waals surface area (Å²) >= 11 is 0. The summed E-state index contributed by atoms with van der Waals surface area (Å²) in [7, 11) is 3.31. The van der Waals surface area contributed by atoms with Crippen molar-refractivity contribution in [2.75, 3.05) is 14.1 Å². The van der Waals surface area contributed by atoms with E-state index in [0.717, 1.165) is 6.08 Å². The minimum atomic E-state index is -2.33. The van der Waals surface area contributed by atoms with Crippen LogP contribution in [0.15, 0.2) is 41.7 Å². The molecule has 0 aliphatic heterocycles. The monoisotopic (exact) mass is 385 g/mol. The normalized spacial score (nSPS) is 37.4. The fourth-order valence-corrected chi connectivity index (χ4v) is 5.13. The van der Waals surface area contributed by atoms with Crippen LogP contribution in [0.2, 0.25) is 0 Å². The van der Waals surface area contributed by atoms with Crippen molar-refractivity contribution in [3.8, 4) is 0 Å². The summed E-state index contributed by atoms with van der Waals surface area (Å²) in [6, 6.07) is 5.83. The molecular weight excluding hydrogens is 362 g/mol. The van der Waals surface area contributed by atoms with Crippen molar-refractivity contribution < 1.29 is 30.0 Å².